The molecule has 2 saturated heterocycles. The third kappa shape index (κ3) is 4.74. The van der Waals surface area contributed by atoms with Crippen molar-refractivity contribution in [3.8, 4) is 0 Å². The van der Waals surface area contributed by atoms with Crippen molar-refractivity contribution in [2.24, 2.45) is 7.05 Å². The molecule has 8 nitrogen and oxygen atoms in total. The van der Waals surface area contributed by atoms with E-state index in [1.165, 1.54) is 10.1 Å². The summed E-state index contributed by atoms with van der Waals surface area (Å²) in [5.74, 6) is 0.0900. The fraction of sp³-hybridized carbons (Fsp3) is 0.833. The third-order valence-electron chi connectivity index (χ3n) is 7.45. The van der Waals surface area contributed by atoms with Crippen LogP contribution in [0.1, 0.15) is 81.1 Å². The Hall–Kier alpha value is -1.48. The maximum atomic E-state index is 13.9. The van der Waals surface area contributed by atoms with Gasteiger partial charge in [-0.15, -0.1) is 0 Å². The second kappa shape index (κ2) is 8.08. The molecule has 1 aromatic rings. The third-order valence-corrected chi connectivity index (χ3v) is 7.45. The first-order valence-electron chi connectivity index (χ1n) is 11.8. The van der Waals surface area contributed by atoms with Crippen molar-refractivity contribution in [3.63, 3.8) is 0 Å². The van der Waals surface area contributed by atoms with Gasteiger partial charge >= 0.3 is 0 Å². The Morgan fingerprint density at radius 1 is 0.875 bits per heavy atom. The van der Waals surface area contributed by atoms with E-state index < -0.39 is 22.2 Å². The van der Waals surface area contributed by atoms with Crippen LogP contribution in [0.3, 0.4) is 0 Å². The SMILES string of the molecule is C[n+]1ccn(CC(=O)N(C2CC(C)(C)N(O)C(C)(C)C2)C2CC(C)(C)N(O)C(C)(C)C2)c1. The molecule has 3 rings (SSSR count). The van der Waals surface area contributed by atoms with E-state index in [0.29, 0.717) is 25.7 Å². The van der Waals surface area contributed by atoms with E-state index in [-0.39, 0.29) is 24.5 Å². The van der Waals surface area contributed by atoms with Crippen LogP contribution in [-0.2, 0) is 18.4 Å². The summed E-state index contributed by atoms with van der Waals surface area (Å²) in [6, 6.07) is 0.00381. The highest BCUT2D eigenvalue weighted by Gasteiger charge is 2.52. The summed E-state index contributed by atoms with van der Waals surface area (Å²) >= 11 is 0. The molecular formula is C24H44N5O3+. The van der Waals surface area contributed by atoms with Gasteiger partial charge in [-0.05, 0) is 81.1 Å². The zero-order chi connectivity index (χ0) is 24.3. The number of hydrogen-bond acceptors (Lipinski definition) is 5. The lowest BCUT2D eigenvalue weighted by Gasteiger charge is -2.58. The van der Waals surface area contributed by atoms with E-state index in [9.17, 15) is 15.2 Å². The van der Waals surface area contributed by atoms with Gasteiger partial charge < -0.3 is 15.3 Å². The lowest BCUT2D eigenvalue weighted by Crippen LogP contribution is -2.68. The van der Waals surface area contributed by atoms with Gasteiger partial charge in [0.1, 0.15) is 12.4 Å². The van der Waals surface area contributed by atoms with Crippen molar-refractivity contribution >= 4 is 5.91 Å². The number of carbonyl (C=O) groups is 1. The van der Waals surface area contributed by atoms with Gasteiger partial charge in [-0.2, -0.15) is 10.1 Å². The molecule has 2 N–H and O–H groups in total. The molecule has 1 aromatic heterocycles. The quantitative estimate of drug-likeness (QED) is 0.690. The van der Waals surface area contributed by atoms with Crippen LogP contribution in [0, 0.1) is 0 Å². The molecule has 0 radical (unpaired) electrons. The van der Waals surface area contributed by atoms with Gasteiger partial charge in [0.25, 0.3) is 5.91 Å². The zero-order valence-electron chi connectivity index (χ0n) is 21.5. The Bertz CT molecular complexity index is 766. The average molecular weight is 451 g/mol. The van der Waals surface area contributed by atoms with Crippen LogP contribution in [0.5, 0.6) is 0 Å². The maximum absolute atomic E-state index is 13.9. The normalized spacial score (nSPS) is 26.2. The Kier molecular flexibility index (Phi) is 6.35. The van der Waals surface area contributed by atoms with E-state index in [2.05, 4.69) is 4.90 Å². The number of aryl methyl sites for hydroxylation is 1. The van der Waals surface area contributed by atoms with E-state index >= 15 is 0 Å². The maximum Gasteiger partial charge on any atom is 0.265 e. The van der Waals surface area contributed by atoms with Gasteiger partial charge in [0.15, 0.2) is 6.54 Å². The predicted molar refractivity (Wildman–Crippen MR) is 122 cm³/mol. The Morgan fingerprint density at radius 3 is 1.56 bits per heavy atom. The molecule has 1 amide bonds. The molecule has 32 heavy (non-hydrogen) atoms. The average Bonchev–Trinajstić information content (AvgIpc) is 3.01. The molecular weight excluding hydrogens is 406 g/mol. The van der Waals surface area contributed by atoms with Crippen LogP contribution in [0.4, 0.5) is 0 Å². The Labute approximate surface area is 193 Å². The smallest absolute Gasteiger partial charge is 0.265 e. The molecule has 0 saturated carbocycles. The van der Waals surface area contributed by atoms with E-state index in [0.717, 1.165) is 0 Å². The van der Waals surface area contributed by atoms with Crippen molar-refractivity contribution in [2.75, 3.05) is 0 Å². The number of nitrogens with zero attached hydrogens (tertiary/aromatic N) is 5. The van der Waals surface area contributed by atoms with Crippen LogP contribution in [-0.4, -0.2) is 70.2 Å². The summed E-state index contributed by atoms with van der Waals surface area (Å²) in [5.41, 5.74) is -1.80. The van der Waals surface area contributed by atoms with Crippen LogP contribution in [0.15, 0.2) is 18.7 Å². The molecule has 3 heterocycles. The van der Waals surface area contributed by atoms with Gasteiger partial charge in [-0.3, -0.25) is 4.79 Å². The Morgan fingerprint density at radius 2 is 1.25 bits per heavy atom. The fourth-order valence-corrected chi connectivity index (χ4v) is 6.37. The number of piperidine rings is 2. The molecule has 2 fully saturated rings. The molecule has 2 aliphatic heterocycles. The van der Waals surface area contributed by atoms with E-state index in [1.54, 1.807) is 0 Å². The lowest BCUT2D eigenvalue weighted by molar-refractivity contribution is -0.671. The number of carbonyl (C=O) groups excluding carboxylic acids is 1. The van der Waals surface area contributed by atoms with Gasteiger partial charge in [0.2, 0.25) is 6.33 Å². The van der Waals surface area contributed by atoms with Crippen LogP contribution >= 0.6 is 0 Å². The monoisotopic (exact) mass is 450 g/mol. The second-order valence-corrected chi connectivity index (χ2v) is 12.5. The topological polar surface area (TPSA) is 76.1 Å². The second-order valence-electron chi connectivity index (χ2n) is 12.5. The number of amides is 1. The van der Waals surface area contributed by atoms with Gasteiger partial charge in [0, 0.05) is 34.2 Å². The Balaban J connectivity index is 1.99. The standard InChI is InChI=1S/C24H44N5O3/c1-21(2)12-18(13-22(3,4)28(21)31)27(20(30)16-26-11-10-25(9)17-26)19-14-23(5,6)29(32)24(7,8)15-19/h10-11,17-19,31-32H,12-16H2,1-9H3/q+1. The summed E-state index contributed by atoms with van der Waals surface area (Å²) in [6.45, 7) is 16.6. The largest absolute Gasteiger partial charge is 0.333 e. The number of rotatable bonds is 4. The summed E-state index contributed by atoms with van der Waals surface area (Å²) in [7, 11) is 1.95. The predicted octanol–water partition coefficient (Wildman–Crippen LogP) is 2.96. The highest BCUT2D eigenvalue weighted by atomic mass is 16.5. The van der Waals surface area contributed by atoms with Crippen molar-refractivity contribution in [1.82, 2.24) is 19.6 Å². The molecule has 0 aliphatic carbocycles. The number of hydrogen-bond donors (Lipinski definition) is 2. The van der Waals surface area contributed by atoms with Crippen LogP contribution in [0.2, 0.25) is 0 Å². The highest BCUT2D eigenvalue weighted by Crippen LogP contribution is 2.44. The minimum Gasteiger partial charge on any atom is -0.333 e. The molecule has 8 heteroatoms. The van der Waals surface area contributed by atoms with Crippen LogP contribution < -0.4 is 4.57 Å². The first-order chi connectivity index (χ1) is 14.5. The molecule has 0 atom stereocenters. The minimum absolute atomic E-state index is 0.00190. The number of imidazole rings is 1. The summed E-state index contributed by atoms with van der Waals surface area (Å²) < 4.78 is 3.86. The molecule has 0 bridgehead atoms. The number of hydroxylamine groups is 4. The summed E-state index contributed by atoms with van der Waals surface area (Å²) in [5, 5.41) is 24.6. The van der Waals surface area contributed by atoms with Gasteiger partial charge in [-0.1, -0.05) is 0 Å². The molecule has 0 unspecified atom stereocenters. The minimum atomic E-state index is -0.451. The molecule has 2 aliphatic rings. The lowest BCUT2D eigenvalue weighted by atomic mass is 9.74. The molecule has 182 valence electrons. The summed E-state index contributed by atoms with van der Waals surface area (Å²) in [6.07, 6.45) is 8.55. The molecule has 0 aromatic carbocycles. The first-order valence-corrected chi connectivity index (χ1v) is 11.8. The van der Waals surface area contributed by atoms with Crippen molar-refractivity contribution in [1.29, 1.82) is 0 Å². The van der Waals surface area contributed by atoms with Gasteiger partial charge in [-0.25, -0.2) is 9.13 Å². The van der Waals surface area contributed by atoms with Crippen molar-refractivity contribution in [2.45, 2.75) is 122 Å². The fourth-order valence-electron chi connectivity index (χ4n) is 6.37. The van der Waals surface area contributed by atoms with E-state index in [1.807, 2.05) is 90.3 Å². The summed E-state index contributed by atoms with van der Waals surface area (Å²) in [4.78, 5) is 16.0. The highest BCUT2D eigenvalue weighted by molar-refractivity contribution is 5.77. The van der Waals surface area contributed by atoms with Crippen molar-refractivity contribution < 1.29 is 19.8 Å². The zero-order valence-corrected chi connectivity index (χ0v) is 21.5. The van der Waals surface area contributed by atoms with Crippen molar-refractivity contribution in [3.05, 3.63) is 18.7 Å². The van der Waals surface area contributed by atoms with Gasteiger partial charge in [0.05, 0.1) is 7.05 Å². The van der Waals surface area contributed by atoms with Crippen LogP contribution in [0.25, 0.3) is 0 Å². The van der Waals surface area contributed by atoms with E-state index in [4.69, 9.17) is 0 Å². The number of aromatic nitrogens is 2. The molecule has 0 spiro atoms. The first kappa shape index (κ1) is 25.1.